The van der Waals surface area contributed by atoms with Gasteiger partial charge in [-0.2, -0.15) is 53.3 Å². The first-order valence-corrected chi connectivity index (χ1v) is 43.2. The Morgan fingerprint density at radius 1 is 0.217 bits per heavy atom. The zero-order valence-electron chi connectivity index (χ0n) is 34.5. The second-order valence-corrected chi connectivity index (χ2v) is 40.7. The Hall–Kier alpha value is 9.29. The van der Waals surface area contributed by atoms with E-state index in [4.69, 9.17) is 0 Å². The van der Waals surface area contributed by atoms with Crippen molar-refractivity contribution >= 4 is 97.7 Å². The molecule has 0 fully saturated rings. The van der Waals surface area contributed by atoms with Crippen molar-refractivity contribution in [3.8, 4) is 0 Å². The largest absolute Gasteiger partial charge is 0.547 e. The molecule has 0 unspecified atom stereocenters. The fourth-order valence-electron chi connectivity index (χ4n) is 2.83. The Balaban J connectivity index is -0.0000000214. The van der Waals surface area contributed by atoms with Gasteiger partial charge in [0.1, 0.15) is 0 Å². The van der Waals surface area contributed by atoms with Crippen molar-refractivity contribution in [3.05, 3.63) is 0 Å². The van der Waals surface area contributed by atoms with Crippen LogP contribution in [0.5, 0.6) is 0 Å². The molecular weight excluding hydrogens is 1880 g/mol. The van der Waals surface area contributed by atoms with Crippen molar-refractivity contribution in [2.24, 2.45) is 0 Å². The Kier molecular flexibility index (Phi) is 188. The SMILES string of the molecule is C[P-]C.C[P-]C.C[P-]C.C[P-]C.C[PH+](C)C[PH+](C)C.C[PH+](C)C[PH+](C)C.C[PH+](C)C[PH+](C)C.C[PH+](C)C[PH+](C)C.[Pt].[Pt].[Pt].[Pt].[Pt].[Pt]. The third kappa shape index (κ3) is 228. The molecule has 0 aliphatic heterocycles. The van der Waals surface area contributed by atoms with E-state index in [1.165, 1.54) is 34.3 Å². The molecule has 18 heteroatoms. The second-order valence-electron chi connectivity index (χ2n) is 12.2. The van der Waals surface area contributed by atoms with Crippen LogP contribution in [0.15, 0.2) is 0 Å². The molecule has 46 heavy (non-hydrogen) atoms. The average Bonchev–Trinajstić information content (AvgIpc) is 2.67. The number of hydrogen-bond donors (Lipinski definition) is 0. The van der Waals surface area contributed by atoms with Gasteiger partial charge in [0.05, 0.1) is 0 Å². The minimum absolute atomic E-state index is 0. The molecule has 316 valence electrons. The summed E-state index contributed by atoms with van der Waals surface area (Å²) >= 11 is 0. The summed E-state index contributed by atoms with van der Waals surface area (Å²) in [5, 5.41) is 0. The quantitative estimate of drug-likeness (QED) is 0.213. The van der Waals surface area contributed by atoms with Crippen LogP contribution in [-0.2, 0) is 126 Å². The summed E-state index contributed by atoms with van der Waals surface area (Å²) in [6.45, 7) is 55.0. The predicted molar refractivity (Wildman–Crippen MR) is 256 cm³/mol. The van der Waals surface area contributed by atoms with Gasteiger partial charge in [0.15, 0.2) is 23.6 Å². The summed E-state index contributed by atoms with van der Waals surface area (Å²) in [6, 6.07) is 0. The van der Waals surface area contributed by atoms with Gasteiger partial charge in [-0.3, -0.25) is 0 Å². The molecule has 0 aromatic rings. The Morgan fingerprint density at radius 3 is 0.261 bits per heavy atom. The van der Waals surface area contributed by atoms with E-state index in [1.807, 2.05) is 0 Å². The molecule has 0 aromatic heterocycles. The topological polar surface area (TPSA) is 0 Å². The van der Waals surface area contributed by atoms with E-state index < -0.39 is 0 Å². The van der Waals surface area contributed by atoms with Gasteiger partial charge >= 0.3 is 0 Å². The van der Waals surface area contributed by atoms with Crippen LogP contribution in [0.3, 0.4) is 0 Å². The molecule has 0 nitrogen and oxygen atoms in total. The number of hydrogen-bond acceptors (Lipinski definition) is 0. The van der Waals surface area contributed by atoms with Crippen LogP contribution in [0.4, 0.5) is 0 Å². The van der Waals surface area contributed by atoms with Gasteiger partial charge in [-0.25, -0.2) is 0 Å². The fourth-order valence-corrected chi connectivity index (χ4v) is 25.5. The monoisotopic (exact) mass is 1970 g/mol. The van der Waals surface area contributed by atoms with Crippen LogP contribution in [-0.4, -0.2) is 184 Å². The third-order valence-electron chi connectivity index (χ3n) is 2.83. The van der Waals surface area contributed by atoms with Crippen molar-refractivity contribution in [1.82, 2.24) is 0 Å². The molecule has 0 heterocycles. The minimum atomic E-state index is 0. The molecule has 0 radical (unpaired) electrons. The van der Waals surface area contributed by atoms with Crippen molar-refractivity contribution in [1.29, 1.82) is 0 Å². The zero-order valence-corrected chi connectivity index (χ0v) is 59.7. The Bertz CT molecular complexity index is 277. The molecule has 0 N–H and O–H groups in total. The van der Waals surface area contributed by atoms with Crippen LogP contribution in [0.25, 0.3) is 0 Å². The maximum absolute atomic E-state index is 2.39. The maximum atomic E-state index is 2.39. The molecule has 0 saturated heterocycles. The normalized spacial score (nSPS) is 8.35. The van der Waals surface area contributed by atoms with Gasteiger partial charge in [-0.15, -0.1) is 0 Å². The van der Waals surface area contributed by atoms with E-state index >= 15 is 0 Å². The zero-order chi connectivity index (χ0) is 34.3. The number of rotatable bonds is 8. The molecule has 0 atom stereocenters. The summed E-state index contributed by atoms with van der Waals surface area (Å²) in [6.07, 6.45) is 0. The minimum Gasteiger partial charge on any atom is -0.547 e. The maximum Gasteiger partial charge on any atom is 0.154 e. The van der Waals surface area contributed by atoms with Crippen LogP contribution >= 0.6 is 97.7 Å². The van der Waals surface area contributed by atoms with Crippen molar-refractivity contribution in [2.45, 2.75) is 0 Å². The summed E-state index contributed by atoms with van der Waals surface area (Å²) in [5.41, 5.74) is 0. The van der Waals surface area contributed by atoms with Gasteiger partial charge in [0, 0.05) is 296 Å². The third-order valence-corrected chi connectivity index (χ3v) is 25.5. The van der Waals surface area contributed by atoms with Crippen molar-refractivity contribution in [3.63, 3.8) is 0 Å². The van der Waals surface area contributed by atoms with E-state index in [0.29, 0.717) is 0 Å². The van der Waals surface area contributed by atoms with E-state index in [1.54, 1.807) is 23.6 Å². The van der Waals surface area contributed by atoms with Crippen LogP contribution < -0.4 is 0 Å². The molecule has 0 aliphatic rings. The summed E-state index contributed by atoms with van der Waals surface area (Å²) in [7, 11) is 6.56. The molecule has 0 aromatic carbocycles. The fraction of sp³-hybridized carbons (Fsp3) is 1.00. The van der Waals surface area contributed by atoms with Crippen molar-refractivity contribution in [2.75, 3.05) is 184 Å². The van der Waals surface area contributed by atoms with E-state index in [2.05, 4.69) is 160 Å². The smallest absolute Gasteiger partial charge is 0.154 e. The molecular formula is C28H88P12Pt6+4. The molecule has 0 aliphatic carbocycles. The molecule has 0 bridgehead atoms. The molecule has 0 spiro atoms. The van der Waals surface area contributed by atoms with Crippen LogP contribution in [0, 0.1) is 0 Å². The van der Waals surface area contributed by atoms with E-state index in [-0.39, 0.29) is 190 Å². The van der Waals surface area contributed by atoms with Gasteiger partial charge in [-0.05, 0) is 0 Å². The summed E-state index contributed by atoms with van der Waals surface area (Å²) in [5.74, 6) is 6.26. The average molecular weight is 1970 g/mol. The molecule has 0 saturated carbocycles. The van der Waals surface area contributed by atoms with Gasteiger partial charge in [-0.1, -0.05) is 0 Å². The predicted octanol–water partition coefficient (Wildman–Crippen LogP) is 12.3. The molecule has 0 rings (SSSR count). The van der Waals surface area contributed by atoms with Gasteiger partial charge in [0.2, 0.25) is 0 Å². The second kappa shape index (κ2) is 90.4. The standard InChI is InChI=1S/4C5H14P2.4C2H6P.6Pt/c4*1-6(2)5-7(3)4;4*1-3-2;;;;;;/h4*5H2,1-4H3;4*1-2H3;;;;;;/q;;;;4*-1;;;;;;/p+8. The van der Waals surface area contributed by atoms with Crippen LogP contribution in [0.2, 0.25) is 0 Å². The molecule has 0 amide bonds. The van der Waals surface area contributed by atoms with Gasteiger partial charge in [0.25, 0.3) is 0 Å². The Labute approximate surface area is 402 Å². The van der Waals surface area contributed by atoms with E-state index in [9.17, 15) is 0 Å². The van der Waals surface area contributed by atoms with Crippen molar-refractivity contribution < 1.29 is 126 Å². The first-order valence-electron chi connectivity index (χ1n) is 14.4. The summed E-state index contributed by atoms with van der Waals surface area (Å²) < 4.78 is 0. The first-order chi connectivity index (χ1) is 18.2. The summed E-state index contributed by atoms with van der Waals surface area (Å²) in [4.78, 5) is 0. The first kappa shape index (κ1) is 95.6. The van der Waals surface area contributed by atoms with Gasteiger partial charge < -0.3 is 34.3 Å². The van der Waals surface area contributed by atoms with Crippen LogP contribution in [0.1, 0.15) is 0 Å². The van der Waals surface area contributed by atoms with E-state index in [0.717, 1.165) is 0 Å². The Morgan fingerprint density at radius 2 is 0.261 bits per heavy atom.